The number of carboxylic acid groups (broad SMARTS) is 1. The van der Waals surface area contributed by atoms with Crippen molar-refractivity contribution in [1.82, 2.24) is 9.80 Å². The van der Waals surface area contributed by atoms with Gasteiger partial charge in [-0.3, -0.25) is 9.59 Å². The van der Waals surface area contributed by atoms with Gasteiger partial charge in [-0.15, -0.1) is 0 Å². The molecule has 2 heterocycles. The van der Waals surface area contributed by atoms with Gasteiger partial charge in [-0.2, -0.15) is 0 Å². The topological polar surface area (TPSA) is 60.9 Å². The molecule has 0 bridgehead atoms. The maximum atomic E-state index is 11.6. The molecule has 2 aliphatic heterocycles. The summed E-state index contributed by atoms with van der Waals surface area (Å²) in [5.74, 6) is -1.34. The molecule has 5 nitrogen and oxygen atoms in total. The number of carboxylic acids is 1. The van der Waals surface area contributed by atoms with Gasteiger partial charge in [-0.25, -0.2) is 0 Å². The Bertz CT molecular complexity index is 292. The molecule has 5 heteroatoms. The van der Waals surface area contributed by atoms with E-state index in [1.54, 1.807) is 4.90 Å². The lowest BCUT2D eigenvalue weighted by atomic mass is 10.1. The molecule has 1 N–H and O–H groups in total. The minimum Gasteiger partial charge on any atom is -0.481 e. The Hall–Kier alpha value is -1.10. The average molecular weight is 212 g/mol. The van der Waals surface area contributed by atoms with Gasteiger partial charge in [0.1, 0.15) is 0 Å². The zero-order chi connectivity index (χ0) is 11.0. The van der Waals surface area contributed by atoms with E-state index in [2.05, 4.69) is 4.90 Å². The zero-order valence-electron chi connectivity index (χ0n) is 8.85. The Morgan fingerprint density at radius 3 is 2.67 bits per heavy atom. The number of likely N-dealkylation sites (N-methyl/N-ethyl adjacent to an activating group) is 1. The van der Waals surface area contributed by atoms with Crippen LogP contribution in [0.3, 0.4) is 0 Å². The van der Waals surface area contributed by atoms with E-state index in [0.29, 0.717) is 6.54 Å². The van der Waals surface area contributed by atoms with Crippen LogP contribution in [-0.4, -0.2) is 59.5 Å². The van der Waals surface area contributed by atoms with Crippen LogP contribution in [0.4, 0.5) is 0 Å². The molecular weight excluding hydrogens is 196 g/mol. The predicted octanol–water partition coefficient (Wildman–Crippen LogP) is -0.376. The molecule has 2 unspecified atom stereocenters. The lowest BCUT2D eigenvalue weighted by molar-refractivity contribution is -0.141. The fourth-order valence-corrected chi connectivity index (χ4v) is 2.42. The van der Waals surface area contributed by atoms with Crippen LogP contribution in [-0.2, 0) is 9.59 Å². The Morgan fingerprint density at radius 1 is 1.47 bits per heavy atom. The van der Waals surface area contributed by atoms with Gasteiger partial charge in [0.25, 0.3) is 0 Å². The molecule has 15 heavy (non-hydrogen) atoms. The van der Waals surface area contributed by atoms with Gasteiger partial charge >= 0.3 is 5.97 Å². The van der Waals surface area contributed by atoms with Gasteiger partial charge in [0.2, 0.25) is 5.91 Å². The number of nitrogens with zero attached hydrogens (tertiary/aromatic N) is 2. The lowest BCUT2D eigenvalue weighted by Gasteiger charge is -2.23. The number of carbonyl (C=O) groups is 2. The number of aliphatic carboxylic acids is 1. The number of hydrogen-bond donors (Lipinski definition) is 1. The highest BCUT2D eigenvalue weighted by molar-refractivity contribution is 5.86. The summed E-state index contributed by atoms with van der Waals surface area (Å²) < 4.78 is 0. The third-order valence-corrected chi connectivity index (χ3v) is 3.31. The van der Waals surface area contributed by atoms with E-state index in [1.165, 1.54) is 0 Å². The maximum Gasteiger partial charge on any atom is 0.308 e. The lowest BCUT2D eigenvalue weighted by Crippen LogP contribution is -2.38. The van der Waals surface area contributed by atoms with Crippen LogP contribution >= 0.6 is 0 Å². The molecule has 2 atom stereocenters. The monoisotopic (exact) mass is 212 g/mol. The van der Waals surface area contributed by atoms with E-state index in [-0.39, 0.29) is 18.4 Å². The first kappa shape index (κ1) is 10.4. The highest BCUT2D eigenvalue weighted by Crippen LogP contribution is 2.24. The van der Waals surface area contributed by atoms with Crippen LogP contribution in [0.1, 0.15) is 12.8 Å². The number of hydrogen-bond acceptors (Lipinski definition) is 3. The van der Waals surface area contributed by atoms with E-state index in [9.17, 15) is 9.59 Å². The quantitative estimate of drug-likeness (QED) is 0.678. The van der Waals surface area contributed by atoms with Crippen LogP contribution in [0.15, 0.2) is 0 Å². The molecule has 2 saturated heterocycles. The summed E-state index contributed by atoms with van der Waals surface area (Å²) in [5.41, 5.74) is 0. The van der Waals surface area contributed by atoms with Crippen molar-refractivity contribution in [1.29, 1.82) is 0 Å². The summed E-state index contributed by atoms with van der Waals surface area (Å²) in [4.78, 5) is 26.3. The van der Waals surface area contributed by atoms with Gasteiger partial charge in [0, 0.05) is 25.6 Å². The van der Waals surface area contributed by atoms with Crippen molar-refractivity contribution in [2.24, 2.45) is 5.92 Å². The molecule has 0 aromatic heterocycles. The summed E-state index contributed by atoms with van der Waals surface area (Å²) in [5, 5.41) is 8.85. The van der Waals surface area contributed by atoms with Crippen LogP contribution in [0.5, 0.6) is 0 Å². The molecule has 0 aliphatic carbocycles. The van der Waals surface area contributed by atoms with Gasteiger partial charge in [0.05, 0.1) is 5.92 Å². The molecule has 2 fully saturated rings. The van der Waals surface area contributed by atoms with Crippen molar-refractivity contribution in [3.63, 3.8) is 0 Å². The van der Waals surface area contributed by atoms with E-state index in [4.69, 9.17) is 5.11 Å². The highest BCUT2D eigenvalue weighted by atomic mass is 16.4. The van der Waals surface area contributed by atoms with E-state index in [0.717, 1.165) is 19.5 Å². The van der Waals surface area contributed by atoms with Gasteiger partial charge in [-0.1, -0.05) is 0 Å². The molecule has 0 spiro atoms. The van der Waals surface area contributed by atoms with E-state index < -0.39 is 11.9 Å². The first-order valence-corrected chi connectivity index (χ1v) is 5.28. The number of carbonyl (C=O) groups excluding carboxylic acids is 1. The predicted molar refractivity (Wildman–Crippen MR) is 53.4 cm³/mol. The van der Waals surface area contributed by atoms with Crippen LogP contribution < -0.4 is 0 Å². The SMILES string of the molecule is CN1CCC(N2CC(C(=O)O)CC2=O)C1. The van der Waals surface area contributed by atoms with Crippen molar-refractivity contribution in [2.45, 2.75) is 18.9 Å². The molecule has 2 rings (SSSR count). The Labute approximate surface area is 88.6 Å². The first-order valence-electron chi connectivity index (χ1n) is 5.28. The Balaban J connectivity index is 1.99. The van der Waals surface area contributed by atoms with Gasteiger partial charge < -0.3 is 14.9 Å². The molecule has 0 radical (unpaired) electrons. The summed E-state index contributed by atoms with van der Waals surface area (Å²) in [6.45, 7) is 2.26. The summed E-state index contributed by atoms with van der Waals surface area (Å²) in [6, 6.07) is 0.229. The second-order valence-corrected chi connectivity index (χ2v) is 4.49. The molecule has 2 aliphatic rings. The van der Waals surface area contributed by atoms with Crippen molar-refractivity contribution in [3.8, 4) is 0 Å². The summed E-state index contributed by atoms with van der Waals surface area (Å²) in [6.07, 6.45) is 1.14. The summed E-state index contributed by atoms with van der Waals surface area (Å²) >= 11 is 0. The van der Waals surface area contributed by atoms with Crippen molar-refractivity contribution in [2.75, 3.05) is 26.7 Å². The van der Waals surface area contributed by atoms with Crippen molar-refractivity contribution < 1.29 is 14.7 Å². The zero-order valence-corrected chi connectivity index (χ0v) is 8.85. The third kappa shape index (κ3) is 1.97. The fraction of sp³-hybridized carbons (Fsp3) is 0.800. The molecule has 84 valence electrons. The molecule has 0 aromatic carbocycles. The van der Waals surface area contributed by atoms with Gasteiger partial charge in [-0.05, 0) is 20.0 Å². The summed E-state index contributed by atoms with van der Waals surface area (Å²) in [7, 11) is 2.02. The molecule has 0 aromatic rings. The molecule has 0 saturated carbocycles. The molecular formula is C10H16N2O3. The Morgan fingerprint density at radius 2 is 2.20 bits per heavy atom. The first-order chi connectivity index (χ1) is 7.08. The van der Waals surface area contributed by atoms with Crippen LogP contribution in [0.25, 0.3) is 0 Å². The number of rotatable bonds is 2. The fourth-order valence-electron chi connectivity index (χ4n) is 2.42. The van der Waals surface area contributed by atoms with Gasteiger partial charge in [0.15, 0.2) is 0 Å². The average Bonchev–Trinajstić information content (AvgIpc) is 2.71. The smallest absolute Gasteiger partial charge is 0.308 e. The minimum atomic E-state index is -0.850. The second-order valence-electron chi connectivity index (χ2n) is 4.49. The van der Waals surface area contributed by atoms with Crippen molar-refractivity contribution in [3.05, 3.63) is 0 Å². The number of likely N-dealkylation sites (tertiary alicyclic amines) is 2. The molecule has 1 amide bonds. The maximum absolute atomic E-state index is 11.6. The highest BCUT2D eigenvalue weighted by Gasteiger charge is 2.39. The minimum absolute atomic E-state index is 0.00250. The standard InChI is InChI=1S/C10H16N2O3/c1-11-3-2-8(6-11)12-5-7(10(14)15)4-9(12)13/h7-8H,2-6H2,1H3,(H,14,15). The second kappa shape index (κ2) is 3.81. The number of amides is 1. The third-order valence-electron chi connectivity index (χ3n) is 3.31. The Kier molecular flexibility index (Phi) is 2.65. The van der Waals surface area contributed by atoms with Crippen molar-refractivity contribution >= 4 is 11.9 Å². The van der Waals surface area contributed by atoms with E-state index in [1.807, 2.05) is 7.05 Å². The normalized spacial score (nSPS) is 32.6. The van der Waals surface area contributed by atoms with E-state index >= 15 is 0 Å². The van der Waals surface area contributed by atoms with Crippen LogP contribution in [0, 0.1) is 5.92 Å². The van der Waals surface area contributed by atoms with Crippen LogP contribution in [0.2, 0.25) is 0 Å². The largest absolute Gasteiger partial charge is 0.481 e.